The number of carbonyl (C=O) groups excluding carboxylic acids is 1. The van der Waals surface area contributed by atoms with Gasteiger partial charge < -0.3 is 4.74 Å². The molecule has 0 aliphatic carbocycles. The second-order valence-electron chi connectivity index (χ2n) is 5.18. The number of rotatable bonds is 1. The molecular formula is C13H15FO2. The molecule has 0 aromatic heterocycles. The third-order valence-electron chi connectivity index (χ3n) is 2.74. The average molecular weight is 222 g/mol. The quantitative estimate of drug-likeness (QED) is 0.730. The summed E-state index contributed by atoms with van der Waals surface area (Å²) in [5.41, 5.74) is 0.481. The lowest BCUT2D eigenvalue weighted by Crippen LogP contribution is -2.35. The zero-order valence-corrected chi connectivity index (χ0v) is 9.71. The minimum atomic E-state index is -0.461. The number of ketones is 1. The van der Waals surface area contributed by atoms with Crippen molar-refractivity contribution >= 4 is 5.78 Å². The Morgan fingerprint density at radius 1 is 1.44 bits per heavy atom. The first-order chi connectivity index (χ1) is 7.38. The number of hydrogen-bond acceptors (Lipinski definition) is 2. The molecule has 0 amide bonds. The summed E-state index contributed by atoms with van der Waals surface area (Å²) < 4.78 is 18.4. The molecule has 1 aliphatic rings. The molecule has 1 aromatic rings. The van der Waals surface area contributed by atoms with Crippen molar-refractivity contribution < 1.29 is 13.9 Å². The smallest absolute Gasteiger partial charge is 0.178 e. The lowest BCUT2D eigenvalue weighted by atomic mass is 9.86. The van der Waals surface area contributed by atoms with Crippen LogP contribution in [0.15, 0.2) is 18.2 Å². The van der Waals surface area contributed by atoms with E-state index in [1.54, 1.807) is 6.07 Å². The molecule has 3 heteroatoms. The number of fused-ring (bicyclic) bond motifs is 1. The number of halogens is 1. The van der Waals surface area contributed by atoms with E-state index < -0.39 is 11.5 Å². The molecule has 0 bridgehead atoms. The molecule has 1 heterocycles. The molecule has 2 nitrogen and oxygen atoms in total. The Bertz CT molecular complexity index is 432. The van der Waals surface area contributed by atoms with Gasteiger partial charge in [0.05, 0.1) is 0 Å². The van der Waals surface area contributed by atoms with Crippen LogP contribution in [0.2, 0.25) is 0 Å². The van der Waals surface area contributed by atoms with Gasteiger partial charge in [0.1, 0.15) is 11.6 Å². The maximum absolute atomic E-state index is 13.0. The lowest BCUT2D eigenvalue weighted by Gasteiger charge is -2.20. The van der Waals surface area contributed by atoms with Crippen LogP contribution in [0.5, 0.6) is 5.75 Å². The molecular weight excluding hydrogens is 207 g/mol. The van der Waals surface area contributed by atoms with E-state index in [1.807, 2.05) is 20.8 Å². The van der Waals surface area contributed by atoms with Crippen LogP contribution in [0, 0.1) is 11.2 Å². The average Bonchev–Trinajstić information content (AvgIpc) is 2.57. The highest BCUT2D eigenvalue weighted by atomic mass is 19.1. The maximum atomic E-state index is 13.0. The molecule has 1 aliphatic heterocycles. The van der Waals surface area contributed by atoms with Crippen LogP contribution < -0.4 is 4.74 Å². The van der Waals surface area contributed by atoms with Gasteiger partial charge in [0.25, 0.3) is 0 Å². The van der Waals surface area contributed by atoms with Gasteiger partial charge in [0.15, 0.2) is 11.9 Å². The largest absolute Gasteiger partial charge is 0.482 e. The van der Waals surface area contributed by atoms with E-state index in [0.29, 0.717) is 12.2 Å². The maximum Gasteiger partial charge on any atom is 0.178 e. The molecule has 16 heavy (non-hydrogen) atoms. The van der Waals surface area contributed by atoms with Crippen LogP contribution in [0.3, 0.4) is 0 Å². The van der Waals surface area contributed by atoms with Gasteiger partial charge in [-0.1, -0.05) is 26.8 Å². The van der Waals surface area contributed by atoms with Gasteiger partial charge in [-0.3, -0.25) is 4.79 Å². The molecule has 0 spiro atoms. The third kappa shape index (κ3) is 1.94. The van der Waals surface area contributed by atoms with Crippen LogP contribution in [-0.2, 0) is 11.2 Å². The fourth-order valence-corrected chi connectivity index (χ4v) is 1.83. The Morgan fingerprint density at radius 2 is 2.12 bits per heavy atom. The van der Waals surface area contributed by atoms with Gasteiger partial charge in [-0.2, -0.15) is 0 Å². The zero-order chi connectivity index (χ0) is 11.9. The first-order valence-corrected chi connectivity index (χ1v) is 5.37. The van der Waals surface area contributed by atoms with E-state index in [-0.39, 0.29) is 11.6 Å². The van der Waals surface area contributed by atoms with Gasteiger partial charge >= 0.3 is 0 Å². The number of carbonyl (C=O) groups is 1. The van der Waals surface area contributed by atoms with Gasteiger partial charge in [-0.15, -0.1) is 0 Å². The van der Waals surface area contributed by atoms with Crippen molar-refractivity contribution in [1.82, 2.24) is 0 Å². The van der Waals surface area contributed by atoms with E-state index in [9.17, 15) is 9.18 Å². The van der Waals surface area contributed by atoms with Crippen molar-refractivity contribution in [1.29, 1.82) is 0 Å². The summed E-state index contributed by atoms with van der Waals surface area (Å²) in [4.78, 5) is 12.0. The molecule has 0 fully saturated rings. The van der Waals surface area contributed by atoms with Crippen LogP contribution in [0.1, 0.15) is 26.3 Å². The SMILES string of the molecule is CC(C)(C)C(=O)C1Cc2ccc(F)cc2O1. The summed E-state index contributed by atoms with van der Waals surface area (Å²) in [7, 11) is 0. The first-order valence-electron chi connectivity index (χ1n) is 5.37. The Balaban J connectivity index is 2.20. The Labute approximate surface area is 94.4 Å². The minimum absolute atomic E-state index is 0.0594. The molecule has 0 N–H and O–H groups in total. The Hall–Kier alpha value is -1.38. The van der Waals surface area contributed by atoms with Crippen molar-refractivity contribution in [2.45, 2.75) is 33.3 Å². The molecule has 1 atom stereocenters. The second kappa shape index (κ2) is 3.58. The Kier molecular flexibility index (Phi) is 2.49. The van der Waals surface area contributed by atoms with Crippen LogP contribution in [0.4, 0.5) is 4.39 Å². The monoisotopic (exact) mass is 222 g/mol. The minimum Gasteiger partial charge on any atom is -0.482 e. The third-order valence-corrected chi connectivity index (χ3v) is 2.74. The van der Waals surface area contributed by atoms with Gasteiger partial charge in [-0.25, -0.2) is 4.39 Å². The number of Topliss-reactive ketones (excluding diaryl/α,β-unsaturated/α-hetero) is 1. The summed E-state index contributed by atoms with van der Waals surface area (Å²) >= 11 is 0. The summed E-state index contributed by atoms with van der Waals surface area (Å²) in [5, 5.41) is 0. The first kappa shape index (κ1) is 11.1. The summed E-state index contributed by atoms with van der Waals surface area (Å²) in [6, 6.07) is 4.41. The molecule has 0 saturated carbocycles. The summed E-state index contributed by atoms with van der Waals surface area (Å²) in [6.07, 6.45) is 0.0860. The van der Waals surface area contributed by atoms with E-state index in [4.69, 9.17) is 4.74 Å². The van der Waals surface area contributed by atoms with Gasteiger partial charge in [-0.05, 0) is 11.6 Å². The zero-order valence-electron chi connectivity index (χ0n) is 9.71. The lowest BCUT2D eigenvalue weighted by molar-refractivity contribution is -0.132. The fourth-order valence-electron chi connectivity index (χ4n) is 1.83. The topological polar surface area (TPSA) is 26.3 Å². The van der Waals surface area contributed by atoms with Crippen molar-refractivity contribution in [2.75, 3.05) is 0 Å². The van der Waals surface area contributed by atoms with Crippen molar-refractivity contribution in [2.24, 2.45) is 5.41 Å². The van der Waals surface area contributed by atoms with Crippen molar-refractivity contribution in [3.05, 3.63) is 29.6 Å². The van der Waals surface area contributed by atoms with Crippen LogP contribution in [0.25, 0.3) is 0 Å². The Morgan fingerprint density at radius 3 is 2.75 bits per heavy atom. The standard InChI is InChI=1S/C13H15FO2/c1-13(2,3)12(15)11-6-8-4-5-9(14)7-10(8)16-11/h4-5,7,11H,6H2,1-3H3. The van der Waals surface area contributed by atoms with E-state index in [1.165, 1.54) is 12.1 Å². The fraction of sp³-hybridized carbons (Fsp3) is 0.462. The van der Waals surface area contributed by atoms with Gasteiger partial charge in [0.2, 0.25) is 0 Å². The molecule has 0 radical (unpaired) electrons. The van der Waals surface area contributed by atoms with Crippen molar-refractivity contribution in [3.8, 4) is 5.75 Å². The molecule has 2 rings (SSSR count). The summed E-state index contributed by atoms with van der Waals surface area (Å²) in [5.74, 6) is 0.231. The molecule has 1 aromatic carbocycles. The van der Waals surface area contributed by atoms with E-state index >= 15 is 0 Å². The highest BCUT2D eigenvalue weighted by molar-refractivity contribution is 5.89. The highest BCUT2D eigenvalue weighted by Crippen LogP contribution is 2.32. The second-order valence-corrected chi connectivity index (χ2v) is 5.18. The van der Waals surface area contributed by atoms with Crippen LogP contribution in [-0.4, -0.2) is 11.9 Å². The number of ether oxygens (including phenoxy) is 1. The molecule has 86 valence electrons. The highest BCUT2D eigenvalue weighted by Gasteiger charge is 2.35. The van der Waals surface area contributed by atoms with E-state index in [2.05, 4.69) is 0 Å². The van der Waals surface area contributed by atoms with Crippen molar-refractivity contribution in [3.63, 3.8) is 0 Å². The molecule has 0 saturated heterocycles. The number of benzene rings is 1. The van der Waals surface area contributed by atoms with Crippen LogP contribution >= 0.6 is 0 Å². The number of hydrogen-bond donors (Lipinski definition) is 0. The summed E-state index contributed by atoms with van der Waals surface area (Å²) in [6.45, 7) is 5.59. The van der Waals surface area contributed by atoms with Gasteiger partial charge in [0, 0.05) is 17.9 Å². The van der Waals surface area contributed by atoms with E-state index in [0.717, 1.165) is 5.56 Å². The molecule has 1 unspecified atom stereocenters. The normalized spacial score (nSPS) is 19.1. The predicted octanol–water partition coefficient (Wildman–Crippen LogP) is 2.74. The predicted molar refractivity (Wildman–Crippen MR) is 59.0 cm³/mol.